The largest absolute Gasteiger partial charge is 0.339 e. The van der Waals surface area contributed by atoms with Crippen molar-refractivity contribution >= 4 is 21.7 Å². The average molecular weight is 338 g/mol. The number of hydrogen-bond donors (Lipinski definition) is 0. The van der Waals surface area contributed by atoms with E-state index in [9.17, 15) is 13.2 Å². The van der Waals surface area contributed by atoms with Crippen molar-refractivity contribution < 1.29 is 13.2 Å². The molecule has 0 saturated carbocycles. The quantitative estimate of drug-likeness (QED) is 0.790. The second-order valence-electron chi connectivity index (χ2n) is 6.24. The van der Waals surface area contributed by atoms with E-state index in [4.69, 9.17) is 0 Å². The first-order chi connectivity index (χ1) is 11.0. The normalized spacial score (nSPS) is 24.4. The molecule has 0 aliphatic carbocycles. The van der Waals surface area contributed by atoms with Gasteiger partial charge in [0, 0.05) is 45.0 Å². The molecule has 2 aliphatic rings. The van der Waals surface area contributed by atoms with Gasteiger partial charge >= 0.3 is 0 Å². The van der Waals surface area contributed by atoms with Gasteiger partial charge in [-0.1, -0.05) is 0 Å². The number of piperazine rings is 1. The van der Waals surface area contributed by atoms with Crippen molar-refractivity contribution in [2.45, 2.75) is 19.3 Å². The first-order valence-corrected chi connectivity index (χ1v) is 9.86. The molecule has 0 aromatic carbocycles. The summed E-state index contributed by atoms with van der Waals surface area (Å²) in [5.74, 6) is 1.18. The second kappa shape index (κ2) is 6.82. The van der Waals surface area contributed by atoms with Crippen molar-refractivity contribution in [1.29, 1.82) is 0 Å². The highest BCUT2D eigenvalue weighted by Gasteiger charge is 2.29. The summed E-state index contributed by atoms with van der Waals surface area (Å²) in [7, 11) is -2.95. The Morgan fingerprint density at radius 3 is 2.52 bits per heavy atom. The van der Waals surface area contributed by atoms with Crippen LogP contribution in [0.1, 0.15) is 19.3 Å². The molecule has 7 nitrogen and oxygen atoms in total. The maximum Gasteiger partial charge on any atom is 0.225 e. The van der Waals surface area contributed by atoms with E-state index in [0.717, 1.165) is 6.42 Å². The molecule has 0 bridgehead atoms. The van der Waals surface area contributed by atoms with Gasteiger partial charge in [0.15, 0.2) is 9.84 Å². The van der Waals surface area contributed by atoms with E-state index >= 15 is 0 Å². The third-order valence-corrected chi connectivity index (χ3v) is 6.38. The Labute approximate surface area is 136 Å². The maximum atomic E-state index is 12.4. The first kappa shape index (κ1) is 16.2. The Hall–Kier alpha value is -1.70. The summed E-state index contributed by atoms with van der Waals surface area (Å²) >= 11 is 0. The van der Waals surface area contributed by atoms with E-state index in [0.29, 0.717) is 45.0 Å². The number of hydrogen-bond acceptors (Lipinski definition) is 6. The summed E-state index contributed by atoms with van der Waals surface area (Å²) < 4.78 is 23.3. The van der Waals surface area contributed by atoms with Gasteiger partial charge < -0.3 is 9.80 Å². The Balaban J connectivity index is 1.50. The number of aromatic nitrogens is 2. The van der Waals surface area contributed by atoms with Crippen molar-refractivity contribution in [2.24, 2.45) is 5.92 Å². The molecule has 2 saturated heterocycles. The van der Waals surface area contributed by atoms with Crippen LogP contribution >= 0.6 is 0 Å². The number of rotatable bonds is 3. The van der Waals surface area contributed by atoms with Crippen molar-refractivity contribution in [2.75, 3.05) is 42.6 Å². The number of anilines is 1. The highest BCUT2D eigenvalue weighted by atomic mass is 32.2. The summed E-state index contributed by atoms with van der Waals surface area (Å²) in [6, 6.07) is 1.78. The van der Waals surface area contributed by atoms with E-state index in [1.807, 2.05) is 4.90 Å². The number of sulfone groups is 1. The molecule has 0 spiro atoms. The van der Waals surface area contributed by atoms with Gasteiger partial charge in [0.05, 0.1) is 11.5 Å². The van der Waals surface area contributed by atoms with E-state index in [1.54, 1.807) is 18.5 Å². The molecule has 1 aromatic heterocycles. The second-order valence-corrected chi connectivity index (χ2v) is 8.47. The Morgan fingerprint density at radius 1 is 1.17 bits per heavy atom. The van der Waals surface area contributed by atoms with Crippen molar-refractivity contribution in [1.82, 2.24) is 14.9 Å². The molecule has 126 valence electrons. The zero-order chi connectivity index (χ0) is 16.3. The monoisotopic (exact) mass is 338 g/mol. The minimum atomic E-state index is -2.95. The molecule has 0 radical (unpaired) electrons. The van der Waals surface area contributed by atoms with Crippen LogP contribution in [0.3, 0.4) is 0 Å². The van der Waals surface area contributed by atoms with Crippen LogP contribution in [0.15, 0.2) is 18.5 Å². The highest BCUT2D eigenvalue weighted by molar-refractivity contribution is 7.91. The minimum Gasteiger partial charge on any atom is -0.339 e. The molecule has 1 aromatic rings. The van der Waals surface area contributed by atoms with Gasteiger partial charge in [-0.3, -0.25) is 4.79 Å². The van der Waals surface area contributed by atoms with Gasteiger partial charge in [0.1, 0.15) is 0 Å². The van der Waals surface area contributed by atoms with Crippen LogP contribution in [0.5, 0.6) is 0 Å². The van der Waals surface area contributed by atoms with Gasteiger partial charge in [-0.05, 0) is 24.8 Å². The zero-order valence-corrected chi connectivity index (χ0v) is 13.9. The van der Waals surface area contributed by atoms with Gasteiger partial charge in [-0.25, -0.2) is 18.4 Å². The third kappa shape index (κ3) is 4.19. The molecule has 0 N–H and O–H groups in total. The summed E-state index contributed by atoms with van der Waals surface area (Å²) in [6.45, 7) is 2.69. The van der Waals surface area contributed by atoms with E-state index in [2.05, 4.69) is 14.9 Å². The number of carbonyl (C=O) groups is 1. The fourth-order valence-electron chi connectivity index (χ4n) is 3.27. The van der Waals surface area contributed by atoms with Crippen molar-refractivity contribution in [3.8, 4) is 0 Å². The summed E-state index contributed by atoms with van der Waals surface area (Å²) in [5.41, 5.74) is 0. The lowest BCUT2D eigenvalue weighted by atomic mass is 10.0. The number of amides is 1. The predicted octanol–water partition coefficient (Wildman–Crippen LogP) is 0.340. The number of nitrogens with zero attached hydrogens (tertiary/aromatic N) is 4. The van der Waals surface area contributed by atoms with Crippen LogP contribution in [0.4, 0.5) is 5.95 Å². The molecule has 2 fully saturated rings. The van der Waals surface area contributed by atoms with E-state index in [1.165, 1.54) is 0 Å². The molecule has 8 heteroatoms. The van der Waals surface area contributed by atoms with Crippen LogP contribution in [-0.4, -0.2) is 66.9 Å². The molecule has 1 atom stereocenters. The summed E-state index contributed by atoms with van der Waals surface area (Å²) in [6.07, 6.45) is 5.29. The standard InChI is InChI=1S/C15H22N4O3S/c20-14(11-13-3-1-10-23(21,22)12-13)18-6-8-19(9-7-18)15-16-4-2-5-17-15/h2,4-5,13H,1,3,6-12H2. The van der Waals surface area contributed by atoms with E-state index in [-0.39, 0.29) is 23.3 Å². The first-order valence-electron chi connectivity index (χ1n) is 8.04. The Bertz CT molecular complexity index is 642. The van der Waals surface area contributed by atoms with Gasteiger partial charge in [0.2, 0.25) is 11.9 Å². The molecular formula is C15H22N4O3S. The SMILES string of the molecule is O=C(CC1CCCS(=O)(=O)C1)N1CCN(c2ncccn2)CC1. The fourth-order valence-corrected chi connectivity index (χ4v) is 5.04. The van der Waals surface area contributed by atoms with Gasteiger partial charge in [-0.15, -0.1) is 0 Å². The molecule has 23 heavy (non-hydrogen) atoms. The number of carbonyl (C=O) groups excluding carboxylic acids is 1. The van der Waals surface area contributed by atoms with Crippen molar-refractivity contribution in [3.63, 3.8) is 0 Å². The van der Waals surface area contributed by atoms with Crippen LogP contribution in [0, 0.1) is 5.92 Å². The van der Waals surface area contributed by atoms with Crippen molar-refractivity contribution in [3.05, 3.63) is 18.5 Å². The predicted molar refractivity (Wildman–Crippen MR) is 86.8 cm³/mol. The topological polar surface area (TPSA) is 83.5 Å². The Morgan fingerprint density at radius 2 is 1.87 bits per heavy atom. The lowest BCUT2D eigenvalue weighted by Gasteiger charge is -2.35. The minimum absolute atomic E-state index is 0.0169. The lowest BCUT2D eigenvalue weighted by Crippen LogP contribution is -2.49. The summed E-state index contributed by atoms with van der Waals surface area (Å²) in [4.78, 5) is 24.8. The molecule has 1 unspecified atom stereocenters. The van der Waals surface area contributed by atoms with Crippen LogP contribution in [-0.2, 0) is 14.6 Å². The lowest BCUT2D eigenvalue weighted by molar-refractivity contribution is -0.132. The Kier molecular flexibility index (Phi) is 4.79. The van der Waals surface area contributed by atoms with Gasteiger partial charge in [0.25, 0.3) is 0 Å². The van der Waals surface area contributed by atoms with E-state index < -0.39 is 9.84 Å². The molecular weight excluding hydrogens is 316 g/mol. The summed E-state index contributed by atoms with van der Waals surface area (Å²) in [5, 5.41) is 0. The fraction of sp³-hybridized carbons (Fsp3) is 0.667. The molecule has 3 rings (SSSR count). The smallest absolute Gasteiger partial charge is 0.225 e. The molecule has 1 amide bonds. The third-order valence-electron chi connectivity index (χ3n) is 4.49. The molecule has 3 heterocycles. The average Bonchev–Trinajstić information content (AvgIpc) is 2.55. The van der Waals surface area contributed by atoms with Crippen LogP contribution in [0.25, 0.3) is 0 Å². The highest BCUT2D eigenvalue weighted by Crippen LogP contribution is 2.22. The zero-order valence-electron chi connectivity index (χ0n) is 13.1. The maximum absolute atomic E-state index is 12.4. The van der Waals surface area contributed by atoms with Crippen LogP contribution in [0.2, 0.25) is 0 Å². The molecule has 2 aliphatic heterocycles. The van der Waals surface area contributed by atoms with Gasteiger partial charge in [-0.2, -0.15) is 0 Å². The van der Waals surface area contributed by atoms with Crippen LogP contribution < -0.4 is 4.90 Å².